The van der Waals surface area contributed by atoms with Gasteiger partial charge in [0.25, 0.3) is 0 Å². The number of hydrogen-bond donors (Lipinski definition) is 2. The van der Waals surface area contributed by atoms with Gasteiger partial charge in [-0.2, -0.15) is 5.26 Å². The Bertz CT molecular complexity index is 621. The molecule has 2 saturated carbocycles. The predicted octanol–water partition coefficient (Wildman–Crippen LogP) is 2.58. The highest BCUT2D eigenvalue weighted by atomic mass is 16.2. The molecular formula is C18H21N3O2. The Balaban J connectivity index is 1.47. The molecule has 120 valence electrons. The summed E-state index contributed by atoms with van der Waals surface area (Å²) in [7, 11) is 0. The summed E-state index contributed by atoms with van der Waals surface area (Å²) < 4.78 is 0. The van der Waals surface area contributed by atoms with Crippen molar-refractivity contribution in [3.05, 3.63) is 29.8 Å². The van der Waals surface area contributed by atoms with E-state index in [0.717, 1.165) is 38.5 Å². The first-order valence-electron chi connectivity index (χ1n) is 8.27. The summed E-state index contributed by atoms with van der Waals surface area (Å²) in [4.78, 5) is 24.3. The first-order chi connectivity index (χ1) is 11.2. The summed E-state index contributed by atoms with van der Waals surface area (Å²) in [5.74, 6) is 0.208. The van der Waals surface area contributed by atoms with E-state index in [0.29, 0.717) is 17.3 Å². The summed E-state index contributed by atoms with van der Waals surface area (Å²) in [6.07, 6.45) is 5.28. The van der Waals surface area contributed by atoms with Crippen molar-refractivity contribution < 1.29 is 9.59 Å². The van der Waals surface area contributed by atoms with Crippen molar-refractivity contribution in [1.82, 2.24) is 5.32 Å². The highest BCUT2D eigenvalue weighted by molar-refractivity contribution is 5.92. The molecular weight excluding hydrogens is 290 g/mol. The largest absolute Gasteiger partial charge is 0.353 e. The summed E-state index contributed by atoms with van der Waals surface area (Å²) >= 11 is 0. The van der Waals surface area contributed by atoms with Gasteiger partial charge in [0.15, 0.2) is 0 Å². The molecule has 0 aromatic heterocycles. The zero-order chi connectivity index (χ0) is 16.2. The first-order valence-corrected chi connectivity index (χ1v) is 8.27. The van der Waals surface area contributed by atoms with Crippen molar-refractivity contribution in [2.45, 2.75) is 44.6 Å². The Labute approximate surface area is 136 Å². The van der Waals surface area contributed by atoms with E-state index in [-0.39, 0.29) is 23.7 Å². The highest BCUT2D eigenvalue weighted by Crippen LogP contribution is 2.31. The lowest BCUT2D eigenvalue weighted by molar-refractivity contribution is -0.128. The Hall–Kier alpha value is -2.35. The third kappa shape index (κ3) is 4.10. The van der Waals surface area contributed by atoms with Gasteiger partial charge in [0.05, 0.1) is 11.6 Å². The fourth-order valence-electron chi connectivity index (χ4n) is 3.04. The van der Waals surface area contributed by atoms with Crippen molar-refractivity contribution in [2.75, 3.05) is 5.32 Å². The van der Waals surface area contributed by atoms with Crippen LogP contribution in [0.2, 0.25) is 0 Å². The maximum Gasteiger partial charge on any atom is 0.227 e. The molecule has 2 N–H and O–H groups in total. The molecule has 2 aliphatic carbocycles. The maximum atomic E-state index is 12.3. The SMILES string of the molecule is N#Cc1ccc(NC(=O)C2CCC(C(=O)NC3CC3)CC2)cc1. The summed E-state index contributed by atoms with van der Waals surface area (Å²) in [5.41, 5.74) is 1.28. The number of nitrogens with one attached hydrogen (secondary N) is 2. The average Bonchev–Trinajstić information content (AvgIpc) is 3.39. The quantitative estimate of drug-likeness (QED) is 0.896. The summed E-state index contributed by atoms with van der Waals surface area (Å²) in [6.45, 7) is 0. The van der Waals surface area contributed by atoms with E-state index < -0.39 is 0 Å². The van der Waals surface area contributed by atoms with Crippen molar-refractivity contribution >= 4 is 17.5 Å². The van der Waals surface area contributed by atoms with Crippen molar-refractivity contribution in [1.29, 1.82) is 5.26 Å². The van der Waals surface area contributed by atoms with Gasteiger partial charge in [0, 0.05) is 23.6 Å². The number of nitriles is 1. The molecule has 1 aromatic rings. The zero-order valence-corrected chi connectivity index (χ0v) is 13.0. The minimum Gasteiger partial charge on any atom is -0.353 e. The Morgan fingerprint density at radius 2 is 1.48 bits per heavy atom. The van der Waals surface area contributed by atoms with Gasteiger partial charge in [-0.1, -0.05) is 0 Å². The number of carbonyl (C=O) groups is 2. The molecule has 2 fully saturated rings. The molecule has 0 bridgehead atoms. The molecule has 3 rings (SSSR count). The topological polar surface area (TPSA) is 82.0 Å². The molecule has 0 atom stereocenters. The second-order valence-electron chi connectivity index (χ2n) is 6.51. The monoisotopic (exact) mass is 311 g/mol. The third-order valence-electron chi connectivity index (χ3n) is 4.67. The fourth-order valence-corrected chi connectivity index (χ4v) is 3.04. The van der Waals surface area contributed by atoms with Gasteiger partial charge in [0.2, 0.25) is 11.8 Å². The number of hydrogen-bond acceptors (Lipinski definition) is 3. The molecule has 5 heteroatoms. The first kappa shape index (κ1) is 15.5. The van der Waals surface area contributed by atoms with Gasteiger partial charge >= 0.3 is 0 Å². The molecule has 2 amide bonds. The van der Waals surface area contributed by atoms with Gasteiger partial charge in [-0.3, -0.25) is 9.59 Å². The van der Waals surface area contributed by atoms with E-state index in [9.17, 15) is 9.59 Å². The van der Waals surface area contributed by atoms with Gasteiger partial charge in [-0.05, 0) is 62.8 Å². The van der Waals surface area contributed by atoms with E-state index in [1.165, 1.54) is 0 Å². The van der Waals surface area contributed by atoms with Gasteiger partial charge in [-0.15, -0.1) is 0 Å². The fraction of sp³-hybridized carbons (Fsp3) is 0.500. The summed E-state index contributed by atoms with van der Waals surface area (Å²) in [6, 6.07) is 9.32. The molecule has 0 radical (unpaired) electrons. The van der Waals surface area contributed by atoms with Crippen LogP contribution in [0.5, 0.6) is 0 Å². The zero-order valence-electron chi connectivity index (χ0n) is 13.0. The van der Waals surface area contributed by atoms with Crippen molar-refractivity contribution in [2.24, 2.45) is 11.8 Å². The molecule has 2 aliphatic rings. The predicted molar refractivity (Wildman–Crippen MR) is 86.4 cm³/mol. The second kappa shape index (κ2) is 6.82. The number of benzene rings is 1. The minimum absolute atomic E-state index is 0.00996. The summed E-state index contributed by atoms with van der Waals surface area (Å²) in [5, 5.41) is 14.7. The van der Waals surface area contributed by atoms with Crippen LogP contribution in [-0.4, -0.2) is 17.9 Å². The lowest BCUT2D eigenvalue weighted by atomic mass is 9.81. The molecule has 0 heterocycles. The van der Waals surface area contributed by atoms with Crippen LogP contribution in [0, 0.1) is 23.2 Å². The van der Waals surface area contributed by atoms with Crippen LogP contribution in [0.15, 0.2) is 24.3 Å². The lowest BCUT2D eigenvalue weighted by Crippen LogP contribution is -2.36. The van der Waals surface area contributed by atoms with Crippen LogP contribution in [0.1, 0.15) is 44.1 Å². The second-order valence-corrected chi connectivity index (χ2v) is 6.51. The van der Waals surface area contributed by atoms with Crippen LogP contribution in [-0.2, 0) is 9.59 Å². The molecule has 0 aliphatic heterocycles. The average molecular weight is 311 g/mol. The standard InChI is InChI=1S/C18H21N3O2/c19-11-12-1-7-15(8-2-12)20-17(22)13-3-5-14(6-4-13)18(23)21-16-9-10-16/h1-2,7-8,13-14,16H,3-6,9-10H2,(H,20,22)(H,21,23). The Morgan fingerprint density at radius 3 is 2.00 bits per heavy atom. The lowest BCUT2D eigenvalue weighted by Gasteiger charge is -2.27. The van der Waals surface area contributed by atoms with Crippen molar-refractivity contribution in [3.63, 3.8) is 0 Å². The number of rotatable bonds is 4. The molecule has 0 unspecified atom stereocenters. The maximum absolute atomic E-state index is 12.3. The van der Waals surface area contributed by atoms with Gasteiger partial charge in [-0.25, -0.2) is 0 Å². The Morgan fingerprint density at radius 1 is 0.913 bits per heavy atom. The highest BCUT2D eigenvalue weighted by Gasteiger charge is 2.32. The van der Waals surface area contributed by atoms with E-state index in [1.54, 1.807) is 24.3 Å². The Kier molecular flexibility index (Phi) is 4.61. The number of anilines is 1. The van der Waals surface area contributed by atoms with Gasteiger partial charge in [0.1, 0.15) is 0 Å². The molecule has 23 heavy (non-hydrogen) atoms. The van der Waals surface area contributed by atoms with E-state index in [1.807, 2.05) is 0 Å². The third-order valence-corrected chi connectivity index (χ3v) is 4.67. The smallest absolute Gasteiger partial charge is 0.227 e. The number of nitrogens with zero attached hydrogens (tertiary/aromatic N) is 1. The van der Waals surface area contributed by atoms with Gasteiger partial charge < -0.3 is 10.6 Å². The van der Waals surface area contributed by atoms with E-state index in [2.05, 4.69) is 16.7 Å². The van der Waals surface area contributed by atoms with Crippen LogP contribution in [0.3, 0.4) is 0 Å². The van der Waals surface area contributed by atoms with Crippen LogP contribution < -0.4 is 10.6 Å². The number of carbonyl (C=O) groups excluding carboxylic acids is 2. The molecule has 0 spiro atoms. The molecule has 0 saturated heterocycles. The molecule has 1 aromatic carbocycles. The van der Waals surface area contributed by atoms with Crippen LogP contribution in [0.4, 0.5) is 5.69 Å². The molecule has 5 nitrogen and oxygen atoms in total. The van der Waals surface area contributed by atoms with E-state index >= 15 is 0 Å². The van der Waals surface area contributed by atoms with Crippen LogP contribution in [0.25, 0.3) is 0 Å². The number of amides is 2. The van der Waals surface area contributed by atoms with Crippen LogP contribution >= 0.6 is 0 Å². The normalized spacial score (nSPS) is 23.6. The van der Waals surface area contributed by atoms with E-state index in [4.69, 9.17) is 5.26 Å². The van der Waals surface area contributed by atoms with Crippen molar-refractivity contribution in [3.8, 4) is 6.07 Å². The minimum atomic E-state index is -0.0318.